The van der Waals surface area contributed by atoms with Gasteiger partial charge in [0.15, 0.2) is 11.5 Å². The Morgan fingerprint density at radius 2 is 2.04 bits per heavy atom. The van der Waals surface area contributed by atoms with Crippen LogP contribution in [0.5, 0.6) is 11.5 Å². The SMILES string of the molecule is COc1ccc(CCNC(=O)/C=C/c2cccnc2)cc1OC. The van der Waals surface area contributed by atoms with Crippen LogP contribution in [0.4, 0.5) is 0 Å². The average Bonchev–Trinajstić information content (AvgIpc) is 2.60. The van der Waals surface area contributed by atoms with Crippen LogP contribution in [0.15, 0.2) is 48.8 Å². The molecular formula is C18H20N2O3. The number of nitrogens with one attached hydrogen (secondary N) is 1. The zero-order valence-corrected chi connectivity index (χ0v) is 13.3. The highest BCUT2D eigenvalue weighted by Gasteiger charge is 2.04. The number of rotatable bonds is 7. The lowest BCUT2D eigenvalue weighted by atomic mass is 10.1. The van der Waals surface area contributed by atoms with Gasteiger partial charge in [0.25, 0.3) is 0 Å². The molecule has 0 aliphatic carbocycles. The number of methoxy groups -OCH3 is 2. The Morgan fingerprint density at radius 1 is 1.22 bits per heavy atom. The smallest absolute Gasteiger partial charge is 0.244 e. The molecule has 0 atom stereocenters. The van der Waals surface area contributed by atoms with Crippen LogP contribution in [-0.4, -0.2) is 31.7 Å². The van der Waals surface area contributed by atoms with Gasteiger partial charge in [0, 0.05) is 25.0 Å². The molecule has 5 nitrogen and oxygen atoms in total. The lowest BCUT2D eigenvalue weighted by molar-refractivity contribution is -0.116. The minimum Gasteiger partial charge on any atom is -0.493 e. The van der Waals surface area contributed by atoms with E-state index in [1.165, 1.54) is 6.08 Å². The Labute approximate surface area is 136 Å². The van der Waals surface area contributed by atoms with E-state index in [1.807, 2.05) is 30.3 Å². The van der Waals surface area contributed by atoms with Crippen LogP contribution >= 0.6 is 0 Å². The van der Waals surface area contributed by atoms with Crippen LogP contribution in [-0.2, 0) is 11.2 Å². The Balaban J connectivity index is 1.82. The van der Waals surface area contributed by atoms with E-state index in [0.717, 1.165) is 11.1 Å². The van der Waals surface area contributed by atoms with E-state index in [0.29, 0.717) is 24.5 Å². The zero-order valence-electron chi connectivity index (χ0n) is 13.3. The number of benzene rings is 1. The van der Waals surface area contributed by atoms with Gasteiger partial charge in [-0.1, -0.05) is 12.1 Å². The highest BCUT2D eigenvalue weighted by Crippen LogP contribution is 2.27. The first-order valence-electron chi connectivity index (χ1n) is 7.30. The van der Waals surface area contributed by atoms with Crippen molar-refractivity contribution in [2.24, 2.45) is 0 Å². The molecule has 0 fully saturated rings. The molecule has 5 heteroatoms. The maximum atomic E-state index is 11.8. The van der Waals surface area contributed by atoms with Gasteiger partial charge in [-0.3, -0.25) is 9.78 Å². The summed E-state index contributed by atoms with van der Waals surface area (Å²) in [7, 11) is 3.21. The van der Waals surface area contributed by atoms with Crippen LogP contribution in [0.3, 0.4) is 0 Å². The fraction of sp³-hybridized carbons (Fsp3) is 0.222. The average molecular weight is 312 g/mol. The molecule has 1 aromatic heterocycles. The van der Waals surface area contributed by atoms with Gasteiger partial charge < -0.3 is 14.8 Å². The highest BCUT2D eigenvalue weighted by molar-refractivity contribution is 5.91. The molecule has 0 aliphatic heterocycles. The molecule has 2 rings (SSSR count). The van der Waals surface area contributed by atoms with Crippen LogP contribution in [0.1, 0.15) is 11.1 Å². The van der Waals surface area contributed by atoms with Crippen molar-refractivity contribution in [3.8, 4) is 11.5 Å². The summed E-state index contributed by atoms with van der Waals surface area (Å²) < 4.78 is 10.5. The Hall–Kier alpha value is -2.82. The Morgan fingerprint density at radius 3 is 2.74 bits per heavy atom. The third-order valence-electron chi connectivity index (χ3n) is 3.27. The zero-order chi connectivity index (χ0) is 16.5. The van der Waals surface area contributed by atoms with Gasteiger partial charge in [-0.2, -0.15) is 0 Å². The van der Waals surface area contributed by atoms with Crippen molar-refractivity contribution in [2.45, 2.75) is 6.42 Å². The molecular weight excluding hydrogens is 292 g/mol. The summed E-state index contributed by atoms with van der Waals surface area (Å²) in [4.78, 5) is 15.8. The fourth-order valence-corrected chi connectivity index (χ4v) is 2.07. The summed E-state index contributed by atoms with van der Waals surface area (Å²) in [6.45, 7) is 0.547. The molecule has 0 spiro atoms. The Bertz CT molecular complexity index is 669. The molecule has 0 unspecified atom stereocenters. The minimum atomic E-state index is -0.130. The van der Waals surface area contributed by atoms with Crippen molar-refractivity contribution in [1.82, 2.24) is 10.3 Å². The van der Waals surface area contributed by atoms with Crippen LogP contribution in [0.25, 0.3) is 6.08 Å². The lowest BCUT2D eigenvalue weighted by Gasteiger charge is -2.09. The van der Waals surface area contributed by atoms with E-state index in [1.54, 1.807) is 32.7 Å². The topological polar surface area (TPSA) is 60.5 Å². The predicted molar refractivity (Wildman–Crippen MR) is 89.5 cm³/mol. The first kappa shape index (κ1) is 16.5. The number of amides is 1. The van der Waals surface area contributed by atoms with Crippen LogP contribution in [0.2, 0.25) is 0 Å². The van der Waals surface area contributed by atoms with Crippen molar-refractivity contribution in [3.05, 3.63) is 59.9 Å². The Kier molecular flexibility index (Phi) is 6.17. The summed E-state index contributed by atoms with van der Waals surface area (Å²) in [6.07, 6.45) is 7.35. The van der Waals surface area contributed by atoms with Crippen molar-refractivity contribution >= 4 is 12.0 Å². The second kappa shape index (κ2) is 8.58. The summed E-state index contributed by atoms with van der Waals surface area (Å²) in [5.74, 6) is 1.25. The molecule has 23 heavy (non-hydrogen) atoms. The molecule has 0 radical (unpaired) electrons. The number of carbonyl (C=O) groups excluding carboxylic acids is 1. The van der Waals surface area contributed by atoms with Gasteiger partial charge in [0.1, 0.15) is 0 Å². The highest BCUT2D eigenvalue weighted by atomic mass is 16.5. The number of carbonyl (C=O) groups is 1. The van der Waals surface area contributed by atoms with Crippen molar-refractivity contribution in [2.75, 3.05) is 20.8 Å². The van der Waals surface area contributed by atoms with E-state index in [2.05, 4.69) is 10.3 Å². The molecule has 0 saturated heterocycles. The van der Waals surface area contributed by atoms with Crippen LogP contribution in [0, 0.1) is 0 Å². The summed E-state index contributed by atoms with van der Waals surface area (Å²) in [5.41, 5.74) is 1.96. The molecule has 2 aromatic rings. The van der Waals surface area contributed by atoms with Gasteiger partial charge in [-0.05, 0) is 41.8 Å². The number of pyridine rings is 1. The standard InChI is InChI=1S/C18H20N2O3/c1-22-16-7-5-14(12-17(16)23-2)9-11-20-18(21)8-6-15-4-3-10-19-13-15/h3-8,10,12-13H,9,11H2,1-2H3,(H,20,21)/b8-6+. The second-order valence-corrected chi connectivity index (χ2v) is 4.85. The molecule has 120 valence electrons. The van der Waals surface area contributed by atoms with E-state index >= 15 is 0 Å². The molecule has 0 bridgehead atoms. The lowest BCUT2D eigenvalue weighted by Crippen LogP contribution is -2.23. The maximum absolute atomic E-state index is 11.8. The summed E-state index contributed by atoms with van der Waals surface area (Å²) in [5, 5.41) is 2.85. The third-order valence-corrected chi connectivity index (χ3v) is 3.27. The normalized spacial score (nSPS) is 10.5. The molecule has 1 N–H and O–H groups in total. The predicted octanol–water partition coefficient (Wildman–Crippen LogP) is 2.47. The van der Waals surface area contributed by atoms with Gasteiger partial charge in [-0.25, -0.2) is 0 Å². The molecule has 0 saturated carbocycles. The summed E-state index contributed by atoms with van der Waals surface area (Å²) in [6, 6.07) is 9.45. The number of aromatic nitrogens is 1. The van der Waals surface area contributed by atoms with Gasteiger partial charge in [0.05, 0.1) is 14.2 Å². The van der Waals surface area contributed by atoms with Gasteiger partial charge in [-0.15, -0.1) is 0 Å². The number of hydrogen-bond acceptors (Lipinski definition) is 4. The van der Waals surface area contributed by atoms with Gasteiger partial charge >= 0.3 is 0 Å². The number of ether oxygens (including phenoxy) is 2. The summed E-state index contributed by atoms with van der Waals surface area (Å²) >= 11 is 0. The maximum Gasteiger partial charge on any atom is 0.244 e. The minimum absolute atomic E-state index is 0.130. The molecule has 1 amide bonds. The molecule has 1 aromatic carbocycles. The quantitative estimate of drug-likeness (QED) is 0.798. The second-order valence-electron chi connectivity index (χ2n) is 4.85. The van der Waals surface area contributed by atoms with Crippen LogP contribution < -0.4 is 14.8 Å². The monoisotopic (exact) mass is 312 g/mol. The van der Waals surface area contributed by atoms with E-state index in [4.69, 9.17) is 9.47 Å². The largest absolute Gasteiger partial charge is 0.493 e. The van der Waals surface area contributed by atoms with Crippen molar-refractivity contribution in [1.29, 1.82) is 0 Å². The van der Waals surface area contributed by atoms with E-state index in [9.17, 15) is 4.79 Å². The van der Waals surface area contributed by atoms with Gasteiger partial charge in [0.2, 0.25) is 5.91 Å². The number of hydrogen-bond donors (Lipinski definition) is 1. The molecule has 0 aliphatic rings. The first-order chi connectivity index (χ1) is 11.2. The fourth-order valence-electron chi connectivity index (χ4n) is 2.07. The van der Waals surface area contributed by atoms with Crippen molar-refractivity contribution in [3.63, 3.8) is 0 Å². The van der Waals surface area contributed by atoms with E-state index in [-0.39, 0.29) is 5.91 Å². The molecule has 1 heterocycles. The first-order valence-corrected chi connectivity index (χ1v) is 7.30. The van der Waals surface area contributed by atoms with Crippen molar-refractivity contribution < 1.29 is 14.3 Å². The number of nitrogens with zero attached hydrogens (tertiary/aromatic N) is 1. The third kappa shape index (κ3) is 5.14. The van der Waals surface area contributed by atoms with E-state index < -0.39 is 0 Å².